The predicted molar refractivity (Wildman–Crippen MR) is 167 cm³/mol. The quantitative estimate of drug-likeness (QED) is 0.0997. The van der Waals surface area contributed by atoms with Crippen molar-refractivity contribution in [2.75, 3.05) is 28.8 Å². The summed E-state index contributed by atoms with van der Waals surface area (Å²) in [7, 11) is 0. The maximum absolute atomic E-state index is 4.48. The van der Waals surface area contributed by atoms with Crippen LogP contribution in [0.3, 0.4) is 0 Å². The van der Waals surface area contributed by atoms with Gasteiger partial charge < -0.3 is 10.3 Å². The third-order valence-corrected chi connectivity index (χ3v) is 8.61. The molecule has 0 unspecified atom stereocenters. The molecule has 0 bridgehead atoms. The van der Waals surface area contributed by atoms with Gasteiger partial charge in [-0.1, -0.05) is 42.4 Å². The van der Waals surface area contributed by atoms with Gasteiger partial charge >= 0.3 is 0 Å². The SMILES string of the molecule is CCCCCc1nnc(N=Nc2ccc(N=Nc3ccc(NNc4ccc(N5CCCC5)s4)cc3C)cc2C)s1. The Morgan fingerprint density at radius 1 is 0.800 bits per heavy atom. The van der Waals surface area contributed by atoms with E-state index in [0.29, 0.717) is 5.13 Å². The highest BCUT2D eigenvalue weighted by atomic mass is 32.1. The average Bonchev–Trinajstić information content (AvgIpc) is 3.73. The molecule has 0 atom stereocenters. The van der Waals surface area contributed by atoms with Gasteiger partial charge in [0.1, 0.15) is 10.0 Å². The molecule has 0 spiro atoms. The Balaban J connectivity index is 1.15. The van der Waals surface area contributed by atoms with Crippen LogP contribution in [0.25, 0.3) is 0 Å². The zero-order valence-corrected chi connectivity index (χ0v) is 24.9. The number of hydrogen-bond donors (Lipinski definition) is 2. The van der Waals surface area contributed by atoms with Crippen molar-refractivity contribution >= 4 is 60.6 Å². The normalized spacial score (nSPS) is 13.6. The predicted octanol–water partition coefficient (Wildman–Crippen LogP) is 9.82. The van der Waals surface area contributed by atoms with Crippen LogP contribution in [0.5, 0.6) is 0 Å². The van der Waals surface area contributed by atoms with Crippen LogP contribution >= 0.6 is 22.7 Å². The Morgan fingerprint density at radius 3 is 2.35 bits per heavy atom. The van der Waals surface area contributed by atoms with E-state index in [1.165, 1.54) is 42.0 Å². The Hall–Kier alpha value is -3.70. The van der Waals surface area contributed by atoms with Crippen LogP contribution in [-0.4, -0.2) is 23.3 Å². The van der Waals surface area contributed by atoms with Crippen molar-refractivity contribution in [3.8, 4) is 0 Å². The van der Waals surface area contributed by atoms with E-state index in [-0.39, 0.29) is 0 Å². The molecule has 2 aromatic heterocycles. The summed E-state index contributed by atoms with van der Waals surface area (Å²) >= 11 is 3.27. The second kappa shape index (κ2) is 13.6. The van der Waals surface area contributed by atoms with E-state index < -0.39 is 0 Å². The molecule has 9 nitrogen and oxygen atoms in total. The summed E-state index contributed by atoms with van der Waals surface area (Å²) in [5, 5.41) is 30.0. The van der Waals surface area contributed by atoms with Crippen molar-refractivity contribution in [1.29, 1.82) is 0 Å². The van der Waals surface area contributed by atoms with E-state index >= 15 is 0 Å². The van der Waals surface area contributed by atoms with Gasteiger partial charge in [-0.15, -0.1) is 20.4 Å². The molecular formula is C29H35N9S2. The molecule has 1 saturated heterocycles. The summed E-state index contributed by atoms with van der Waals surface area (Å²) in [6.45, 7) is 8.53. The summed E-state index contributed by atoms with van der Waals surface area (Å²) in [4.78, 5) is 2.45. The van der Waals surface area contributed by atoms with Crippen LogP contribution in [0.4, 0.5) is 37.9 Å². The Kier molecular flexibility index (Phi) is 9.46. The van der Waals surface area contributed by atoms with E-state index in [1.807, 2.05) is 44.2 Å². The first kappa shape index (κ1) is 27.9. The van der Waals surface area contributed by atoms with Gasteiger partial charge in [0, 0.05) is 19.5 Å². The van der Waals surface area contributed by atoms with E-state index in [0.717, 1.165) is 69.8 Å². The number of hydrazine groups is 1. The average molecular weight is 574 g/mol. The van der Waals surface area contributed by atoms with Crippen LogP contribution in [0, 0.1) is 13.8 Å². The van der Waals surface area contributed by atoms with E-state index in [1.54, 1.807) is 11.3 Å². The molecule has 1 fully saturated rings. The molecule has 0 radical (unpaired) electrons. The molecule has 40 heavy (non-hydrogen) atoms. The van der Waals surface area contributed by atoms with Crippen molar-refractivity contribution in [3.63, 3.8) is 0 Å². The summed E-state index contributed by atoms with van der Waals surface area (Å²) in [5.41, 5.74) is 12.0. The highest BCUT2D eigenvalue weighted by Gasteiger charge is 2.14. The molecule has 208 valence electrons. The summed E-state index contributed by atoms with van der Waals surface area (Å²) in [6, 6.07) is 16.1. The number of thiophene rings is 1. The van der Waals surface area contributed by atoms with Crippen molar-refractivity contribution in [2.45, 2.75) is 59.3 Å². The van der Waals surface area contributed by atoms with Crippen molar-refractivity contribution in [3.05, 3.63) is 64.7 Å². The van der Waals surface area contributed by atoms with Gasteiger partial charge in [-0.05, 0) is 92.8 Å². The summed E-state index contributed by atoms with van der Waals surface area (Å²) in [5.74, 6) is 0. The van der Waals surface area contributed by atoms with Crippen LogP contribution in [-0.2, 0) is 6.42 Å². The number of aryl methyl sites for hydroxylation is 3. The molecular weight excluding hydrogens is 539 g/mol. The minimum absolute atomic E-state index is 0.584. The molecule has 3 heterocycles. The molecule has 0 aliphatic carbocycles. The fourth-order valence-electron chi connectivity index (χ4n) is 4.42. The highest BCUT2D eigenvalue weighted by Crippen LogP contribution is 2.33. The minimum atomic E-state index is 0.584. The van der Waals surface area contributed by atoms with Gasteiger partial charge in [-0.3, -0.25) is 5.43 Å². The molecule has 0 amide bonds. The summed E-state index contributed by atoms with van der Waals surface area (Å²) in [6.07, 6.45) is 7.04. The Morgan fingerprint density at radius 2 is 1.57 bits per heavy atom. The minimum Gasteiger partial charge on any atom is -0.363 e. The Labute approximate surface area is 243 Å². The molecule has 4 aromatic rings. The van der Waals surface area contributed by atoms with E-state index in [9.17, 15) is 0 Å². The molecule has 0 saturated carbocycles. The maximum atomic E-state index is 4.48. The first-order chi connectivity index (χ1) is 19.6. The first-order valence-electron chi connectivity index (χ1n) is 13.8. The van der Waals surface area contributed by atoms with Gasteiger partial charge in [0.05, 0.1) is 27.8 Å². The van der Waals surface area contributed by atoms with Gasteiger partial charge in [0.2, 0.25) is 0 Å². The number of nitrogens with zero attached hydrogens (tertiary/aromatic N) is 7. The van der Waals surface area contributed by atoms with Gasteiger partial charge in [-0.2, -0.15) is 10.2 Å². The lowest BCUT2D eigenvalue weighted by atomic mass is 10.2. The van der Waals surface area contributed by atoms with Crippen molar-refractivity contribution in [1.82, 2.24) is 10.2 Å². The molecule has 11 heteroatoms. The third-order valence-electron chi connectivity index (χ3n) is 6.68. The second-order valence-corrected chi connectivity index (χ2v) is 12.0. The fraction of sp³-hybridized carbons (Fsp3) is 0.379. The van der Waals surface area contributed by atoms with E-state index in [4.69, 9.17) is 0 Å². The number of hydrogen-bond acceptors (Lipinski definition) is 11. The number of benzene rings is 2. The number of aromatic nitrogens is 2. The van der Waals surface area contributed by atoms with E-state index in [2.05, 4.69) is 71.5 Å². The number of rotatable bonds is 12. The van der Waals surface area contributed by atoms with Gasteiger partial charge in [0.15, 0.2) is 0 Å². The molecule has 5 rings (SSSR count). The zero-order valence-electron chi connectivity index (χ0n) is 23.2. The number of azo groups is 2. The monoisotopic (exact) mass is 573 g/mol. The van der Waals surface area contributed by atoms with Crippen molar-refractivity contribution < 1.29 is 0 Å². The first-order valence-corrected chi connectivity index (χ1v) is 15.4. The number of anilines is 3. The highest BCUT2D eigenvalue weighted by molar-refractivity contribution is 7.20. The fourth-order valence-corrected chi connectivity index (χ4v) is 6.03. The topological polar surface area (TPSA) is 103 Å². The smallest absolute Gasteiger partial charge is 0.251 e. The zero-order chi connectivity index (χ0) is 27.7. The lowest BCUT2D eigenvalue weighted by Crippen LogP contribution is -2.15. The molecule has 2 N–H and O–H groups in total. The van der Waals surface area contributed by atoms with Crippen LogP contribution in [0.15, 0.2) is 69.0 Å². The van der Waals surface area contributed by atoms with Gasteiger partial charge in [-0.25, -0.2) is 0 Å². The number of unbranched alkanes of at least 4 members (excludes halogenated alkanes) is 2. The second-order valence-electron chi connectivity index (χ2n) is 9.89. The lowest BCUT2D eigenvalue weighted by molar-refractivity contribution is 0.710. The molecule has 1 aliphatic heterocycles. The van der Waals surface area contributed by atoms with Crippen LogP contribution in [0.1, 0.15) is 55.2 Å². The van der Waals surface area contributed by atoms with Crippen molar-refractivity contribution in [2.24, 2.45) is 20.5 Å². The van der Waals surface area contributed by atoms with Crippen LogP contribution in [0.2, 0.25) is 0 Å². The molecule has 2 aromatic carbocycles. The maximum Gasteiger partial charge on any atom is 0.251 e. The number of nitrogens with one attached hydrogen (secondary N) is 2. The molecule has 1 aliphatic rings. The van der Waals surface area contributed by atoms with Crippen LogP contribution < -0.4 is 15.8 Å². The summed E-state index contributed by atoms with van der Waals surface area (Å²) < 4.78 is 0. The lowest BCUT2D eigenvalue weighted by Gasteiger charge is -2.14. The largest absolute Gasteiger partial charge is 0.363 e. The Bertz CT molecular complexity index is 1470. The third kappa shape index (κ3) is 7.48. The van der Waals surface area contributed by atoms with Gasteiger partial charge in [0.25, 0.3) is 5.13 Å². The standard InChI is InChI=1S/C29H35N9S2/c1-4-5-6-9-26-35-37-29(40-26)36-33-25-13-10-22(18-21(25)3)30-32-24-12-11-23(19-20(24)2)31-34-27-14-15-28(39-27)38-16-7-8-17-38/h10-15,18-19,31,34H,4-9,16-17H2,1-3H3.